The summed E-state index contributed by atoms with van der Waals surface area (Å²) in [4.78, 5) is 4.08. The average Bonchev–Trinajstić information content (AvgIpc) is 2.44. The second kappa shape index (κ2) is 6.77. The monoisotopic (exact) mass is 273 g/mol. The van der Waals surface area contributed by atoms with Crippen molar-refractivity contribution in [1.82, 2.24) is 4.98 Å². The average molecular weight is 273 g/mol. The molecule has 1 aromatic carbocycles. The maximum Gasteiger partial charge on any atom is 0.133 e. The summed E-state index contributed by atoms with van der Waals surface area (Å²) in [5.41, 5.74) is 13.3. The molecule has 1 heterocycles. The minimum Gasteiger partial charge on any atom is -0.493 e. The number of para-hydroxylation sites is 1. The summed E-state index contributed by atoms with van der Waals surface area (Å²) in [6.07, 6.45) is 0.834. The summed E-state index contributed by atoms with van der Waals surface area (Å²) in [6, 6.07) is 11.3. The highest BCUT2D eigenvalue weighted by Crippen LogP contribution is 2.33. The second-order valence-electron chi connectivity index (χ2n) is 4.36. The zero-order chi connectivity index (χ0) is 14.4. The van der Waals surface area contributed by atoms with Crippen LogP contribution >= 0.6 is 0 Å². The van der Waals surface area contributed by atoms with Crippen LogP contribution in [0, 0.1) is 0 Å². The second-order valence-corrected chi connectivity index (χ2v) is 4.36. The third kappa shape index (κ3) is 3.39. The lowest BCUT2D eigenvalue weighted by Crippen LogP contribution is -2.03. The molecule has 0 bridgehead atoms. The Bertz CT molecular complexity index is 573. The molecule has 0 aliphatic carbocycles. The zero-order valence-corrected chi connectivity index (χ0v) is 11.5. The van der Waals surface area contributed by atoms with Gasteiger partial charge in [0, 0.05) is 31.3 Å². The first-order valence-electron chi connectivity index (χ1n) is 6.45. The molecule has 1 aromatic heterocycles. The number of benzene rings is 1. The van der Waals surface area contributed by atoms with Crippen LogP contribution in [0.25, 0.3) is 11.1 Å². The summed E-state index contributed by atoms with van der Waals surface area (Å²) in [7, 11) is 1.68. The normalized spacial score (nSPS) is 10.4. The maximum absolute atomic E-state index is 5.93. The number of hydrogen-bond donors (Lipinski definition) is 2. The van der Waals surface area contributed by atoms with Gasteiger partial charge in [0.25, 0.3) is 0 Å². The quantitative estimate of drug-likeness (QED) is 0.789. The number of methoxy groups -OCH3 is 1. The van der Waals surface area contributed by atoms with E-state index in [1.54, 1.807) is 13.2 Å². The molecule has 2 rings (SSSR count). The first kappa shape index (κ1) is 14.1. The van der Waals surface area contributed by atoms with Gasteiger partial charge in [0.2, 0.25) is 0 Å². The van der Waals surface area contributed by atoms with Crippen molar-refractivity contribution in [2.75, 3.05) is 31.8 Å². The molecule has 0 radical (unpaired) electrons. The van der Waals surface area contributed by atoms with Crippen LogP contribution in [0.5, 0.6) is 5.75 Å². The van der Waals surface area contributed by atoms with Crippen LogP contribution < -0.4 is 16.2 Å². The highest BCUT2D eigenvalue weighted by Gasteiger charge is 2.10. The molecule has 0 fully saturated rings. The van der Waals surface area contributed by atoms with E-state index >= 15 is 0 Å². The van der Waals surface area contributed by atoms with Crippen LogP contribution in [0.1, 0.15) is 6.42 Å². The molecular weight excluding hydrogens is 254 g/mol. The lowest BCUT2D eigenvalue weighted by molar-refractivity contribution is 0.172. The number of nitrogens with two attached hydrogens (primary N) is 2. The van der Waals surface area contributed by atoms with Gasteiger partial charge >= 0.3 is 0 Å². The Balaban J connectivity index is 2.23. The molecule has 0 spiro atoms. The van der Waals surface area contributed by atoms with E-state index in [0.29, 0.717) is 24.8 Å². The Morgan fingerprint density at radius 3 is 2.55 bits per heavy atom. The fourth-order valence-electron chi connectivity index (χ4n) is 1.92. The molecular formula is C15H19N3O2. The van der Waals surface area contributed by atoms with Crippen molar-refractivity contribution in [1.29, 1.82) is 0 Å². The number of nitrogen functional groups attached to an aromatic ring is 2. The molecule has 0 saturated heterocycles. The van der Waals surface area contributed by atoms with Gasteiger partial charge < -0.3 is 20.9 Å². The van der Waals surface area contributed by atoms with Crippen LogP contribution in [-0.2, 0) is 4.74 Å². The predicted molar refractivity (Wildman–Crippen MR) is 80.5 cm³/mol. The minimum atomic E-state index is 0.401. The van der Waals surface area contributed by atoms with E-state index in [2.05, 4.69) is 4.98 Å². The number of nitrogens with zero attached hydrogens (tertiary/aromatic N) is 1. The fourth-order valence-corrected chi connectivity index (χ4v) is 1.92. The lowest BCUT2D eigenvalue weighted by atomic mass is 10.1. The van der Waals surface area contributed by atoms with Gasteiger partial charge in [0.1, 0.15) is 17.4 Å². The van der Waals surface area contributed by atoms with E-state index in [1.807, 2.05) is 30.3 Å². The first-order valence-corrected chi connectivity index (χ1v) is 6.45. The van der Waals surface area contributed by atoms with Crippen molar-refractivity contribution in [3.63, 3.8) is 0 Å². The lowest BCUT2D eigenvalue weighted by Gasteiger charge is -2.12. The van der Waals surface area contributed by atoms with Gasteiger partial charge in [-0.2, -0.15) is 0 Å². The van der Waals surface area contributed by atoms with Crippen molar-refractivity contribution in [3.8, 4) is 16.9 Å². The van der Waals surface area contributed by atoms with Crippen molar-refractivity contribution in [2.24, 2.45) is 0 Å². The van der Waals surface area contributed by atoms with Gasteiger partial charge in [-0.15, -0.1) is 0 Å². The first-order chi connectivity index (χ1) is 9.72. The molecule has 0 aliphatic heterocycles. The zero-order valence-electron chi connectivity index (χ0n) is 11.5. The van der Waals surface area contributed by atoms with Gasteiger partial charge in [-0.1, -0.05) is 18.2 Å². The largest absolute Gasteiger partial charge is 0.493 e. The summed E-state index contributed by atoms with van der Waals surface area (Å²) in [5.74, 6) is 1.59. The van der Waals surface area contributed by atoms with Crippen LogP contribution in [0.2, 0.25) is 0 Å². The number of aromatic nitrogens is 1. The third-order valence-electron chi connectivity index (χ3n) is 2.87. The van der Waals surface area contributed by atoms with Crippen molar-refractivity contribution >= 4 is 11.6 Å². The standard InChI is InChI=1S/C15H19N3O2/c1-19-9-4-10-20-13-6-3-2-5-11(13)12-7-8-14(16)18-15(12)17/h2-3,5-8H,4,9-10H2,1H3,(H4,16,17,18). The molecule has 4 N–H and O–H groups in total. The maximum atomic E-state index is 5.93. The van der Waals surface area contributed by atoms with Gasteiger partial charge in [-0.05, 0) is 18.2 Å². The van der Waals surface area contributed by atoms with E-state index in [1.165, 1.54) is 0 Å². The Kier molecular flexibility index (Phi) is 4.79. The SMILES string of the molecule is COCCCOc1ccccc1-c1ccc(N)nc1N. The molecule has 106 valence electrons. The van der Waals surface area contributed by atoms with Crippen molar-refractivity contribution in [2.45, 2.75) is 6.42 Å². The predicted octanol–water partition coefficient (Wildman–Crippen LogP) is 2.33. The van der Waals surface area contributed by atoms with Crippen LogP contribution in [0.4, 0.5) is 11.6 Å². The Morgan fingerprint density at radius 1 is 1.00 bits per heavy atom. The molecule has 0 saturated carbocycles. The summed E-state index contributed by atoms with van der Waals surface area (Å²) in [5, 5.41) is 0. The van der Waals surface area contributed by atoms with Crippen molar-refractivity contribution in [3.05, 3.63) is 36.4 Å². The van der Waals surface area contributed by atoms with Gasteiger partial charge in [-0.3, -0.25) is 0 Å². The van der Waals surface area contributed by atoms with Crippen LogP contribution in [-0.4, -0.2) is 25.3 Å². The third-order valence-corrected chi connectivity index (χ3v) is 2.87. The molecule has 0 aliphatic rings. The van der Waals surface area contributed by atoms with E-state index in [4.69, 9.17) is 20.9 Å². The highest BCUT2D eigenvalue weighted by atomic mass is 16.5. The van der Waals surface area contributed by atoms with Crippen LogP contribution in [0.15, 0.2) is 36.4 Å². The summed E-state index contributed by atoms with van der Waals surface area (Å²) >= 11 is 0. The minimum absolute atomic E-state index is 0.401. The highest BCUT2D eigenvalue weighted by molar-refractivity contribution is 5.79. The summed E-state index contributed by atoms with van der Waals surface area (Å²) in [6.45, 7) is 1.26. The Hall–Kier alpha value is -2.27. The molecule has 5 heteroatoms. The van der Waals surface area contributed by atoms with Gasteiger partial charge in [0.05, 0.1) is 6.61 Å². The number of pyridine rings is 1. The Morgan fingerprint density at radius 2 is 1.80 bits per heavy atom. The number of hydrogen-bond acceptors (Lipinski definition) is 5. The van der Waals surface area contributed by atoms with Crippen LogP contribution in [0.3, 0.4) is 0 Å². The smallest absolute Gasteiger partial charge is 0.133 e. The summed E-state index contributed by atoms with van der Waals surface area (Å²) < 4.78 is 10.8. The van der Waals surface area contributed by atoms with E-state index in [0.717, 1.165) is 23.3 Å². The number of anilines is 2. The number of rotatable bonds is 6. The molecule has 0 unspecified atom stereocenters. The topological polar surface area (TPSA) is 83.4 Å². The van der Waals surface area contributed by atoms with E-state index in [-0.39, 0.29) is 0 Å². The fraction of sp³-hybridized carbons (Fsp3) is 0.267. The van der Waals surface area contributed by atoms with Crippen molar-refractivity contribution < 1.29 is 9.47 Å². The Labute approximate surface area is 118 Å². The van der Waals surface area contributed by atoms with E-state index < -0.39 is 0 Å². The molecule has 20 heavy (non-hydrogen) atoms. The van der Waals surface area contributed by atoms with E-state index in [9.17, 15) is 0 Å². The van der Waals surface area contributed by atoms with Gasteiger partial charge in [0.15, 0.2) is 0 Å². The molecule has 0 atom stereocenters. The molecule has 2 aromatic rings. The number of ether oxygens (including phenoxy) is 2. The molecule has 0 amide bonds. The molecule has 5 nitrogen and oxygen atoms in total. The van der Waals surface area contributed by atoms with Gasteiger partial charge in [-0.25, -0.2) is 4.98 Å².